The molecule has 1 saturated carbocycles. The summed E-state index contributed by atoms with van der Waals surface area (Å²) in [6.07, 6.45) is 1.98. The third-order valence-corrected chi connectivity index (χ3v) is 6.28. The molecule has 1 aliphatic carbocycles. The third-order valence-electron chi connectivity index (χ3n) is 6.28. The highest BCUT2D eigenvalue weighted by Gasteiger charge is 2.31. The number of rotatable bonds is 6. The summed E-state index contributed by atoms with van der Waals surface area (Å²) in [7, 11) is 3.33. The summed E-state index contributed by atoms with van der Waals surface area (Å²) in [4.78, 5) is 22.5. The van der Waals surface area contributed by atoms with Gasteiger partial charge in [-0.2, -0.15) is 13.2 Å². The minimum absolute atomic E-state index is 0.100. The number of hydrogen-bond acceptors (Lipinski definition) is 6. The zero-order chi connectivity index (χ0) is 25.3. The van der Waals surface area contributed by atoms with Crippen molar-refractivity contribution in [2.75, 3.05) is 19.4 Å². The quantitative estimate of drug-likeness (QED) is 0.536. The van der Waals surface area contributed by atoms with Gasteiger partial charge in [-0.25, -0.2) is 9.50 Å². The molecule has 1 aliphatic rings. The van der Waals surface area contributed by atoms with E-state index < -0.39 is 18.6 Å². The maximum atomic E-state index is 12.8. The third kappa shape index (κ3) is 5.72. The number of pyridine rings is 1. The van der Waals surface area contributed by atoms with Crippen LogP contribution in [0.2, 0.25) is 0 Å². The molecule has 0 saturated heterocycles. The molecule has 35 heavy (non-hydrogen) atoms. The predicted octanol–water partition coefficient (Wildman–Crippen LogP) is 4.26. The van der Waals surface area contributed by atoms with Crippen molar-refractivity contribution in [2.24, 2.45) is 0 Å². The molecule has 3 aromatic rings. The molecule has 0 unspecified atom stereocenters. The molecule has 3 aromatic heterocycles. The Labute approximate surface area is 201 Å². The summed E-state index contributed by atoms with van der Waals surface area (Å²) < 4.78 is 40.1. The first-order valence-corrected chi connectivity index (χ1v) is 11.6. The molecule has 0 aromatic carbocycles. The Morgan fingerprint density at radius 2 is 1.91 bits per heavy atom. The molecule has 3 heterocycles. The number of amides is 1. The molecular formula is C24H29F3N6O2. The average molecular weight is 491 g/mol. The van der Waals surface area contributed by atoms with Crippen molar-refractivity contribution in [2.45, 2.75) is 63.3 Å². The highest BCUT2D eigenvalue weighted by Crippen LogP contribution is 2.37. The molecule has 2 N–H and O–H groups in total. The fourth-order valence-corrected chi connectivity index (χ4v) is 4.56. The first kappa shape index (κ1) is 24.9. The van der Waals surface area contributed by atoms with Gasteiger partial charge in [0.15, 0.2) is 0 Å². The van der Waals surface area contributed by atoms with Crippen LogP contribution >= 0.6 is 0 Å². The molecule has 0 aliphatic heterocycles. The second-order valence-electron chi connectivity index (χ2n) is 9.39. The van der Waals surface area contributed by atoms with E-state index in [4.69, 9.17) is 0 Å². The average Bonchev–Trinajstić information content (AvgIpc) is 3.16. The van der Waals surface area contributed by atoms with E-state index in [0.717, 1.165) is 24.1 Å². The van der Waals surface area contributed by atoms with Gasteiger partial charge in [-0.05, 0) is 44.7 Å². The van der Waals surface area contributed by atoms with Crippen molar-refractivity contribution >= 4 is 17.4 Å². The lowest BCUT2D eigenvalue weighted by atomic mass is 9.85. The summed E-state index contributed by atoms with van der Waals surface area (Å²) in [5, 5.41) is 17.2. The lowest BCUT2D eigenvalue weighted by molar-refractivity contribution is -0.136. The van der Waals surface area contributed by atoms with Gasteiger partial charge in [-0.3, -0.25) is 9.78 Å². The van der Waals surface area contributed by atoms with Gasteiger partial charge < -0.3 is 15.3 Å². The molecule has 8 nitrogen and oxygen atoms in total. The zero-order valence-corrected chi connectivity index (χ0v) is 19.9. The van der Waals surface area contributed by atoms with Crippen LogP contribution in [-0.2, 0) is 0 Å². The Balaban J connectivity index is 1.76. The smallest absolute Gasteiger partial charge is 0.391 e. The van der Waals surface area contributed by atoms with E-state index in [1.807, 2.05) is 6.07 Å². The number of aromatic nitrogens is 4. The Morgan fingerprint density at radius 3 is 2.57 bits per heavy atom. The van der Waals surface area contributed by atoms with Crippen molar-refractivity contribution in [1.82, 2.24) is 24.5 Å². The second kappa shape index (κ2) is 9.80. The van der Waals surface area contributed by atoms with Crippen LogP contribution in [0, 0.1) is 0 Å². The Bertz CT molecular complexity index is 1200. The van der Waals surface area contributed by atoms with E-state index in [9.17, 15) is 23.1 Å². The molecule has 4 rings (SSSR count). The van der Waals surface area contributed by atoms with Crippen molar-refractivity contribution in [3.8, 4) is 11.1 Å². The van der Waals surface area contributed by atoms with Crippen molar-refractivity contribution in [1.29, 1.82) is 0 Å². The Kier molecular flexibility index (Phi) is 6.98. The van der Waals surface area contributed by atoms with Crippen LogP contribution in [0.1, 0.15) is 61.0 Å². The summed E-state index contributed by atoms with van der Waals surface area (Å²) in [6.45, 7) is 1.44. The number of fused-ring (bicyclic) bond motifs is 1. The maximum absolute atomic E-state index is 12.8. The zero-order valence-electron chi connectivity index (χ0n) is 19.9. The SMILES string of the molecule is C[C@@H](CC(F)(F)F)Nc1ncc2c(-c3cncc(C(=O)N(C)C)c3)cc(C3CCC(O)CC3)n2n1. The van der Waals surface area contributed by atoms with Crippen LogP contribution in [0.5, 0.6) is 0 Å². The van der Waals surface area contributed by atoms with Crippen LogP contribution in [0.15, 0.2) is 30.7 Å². The van der Waals surface area contributed by atoms with Crippen LogP contribution in [-0.4, -0.2) is 67.9 Å². The van der Waals surface area contributed by atoms with Crippen molar-refractivity contribution in [3.63, 3.8) is 0 Å². The fraction of sp³-hybridized carbons (Fsp3) is 0.500. The minimum atomic E-state index is -4.30. The van der Waals surface area contributed by atoms with Crippen LogP contribution < -0.4 is 5.32 Å². The van der Waals surface area contributed by atoms with Crippen LogP contribution in [0.3, 0.4) is 0 Å². The Morgan fingerprint density at radius 1 is 1.20 bits per heavy atom. The lowest BCUT2D eigenvalue weighted by Gasteiger charge is -2.25. The summed E-state index contributed by atoms with van der Waals surface area (Å²) in [6, 6.07) is 2.85. The van der Waals surface area contributed by atoms with Crippen molar-refractivity contribution in [3.05, 3.63) is 42.0 Å². The van der Waals surface area contributed by atoms with Gasteiger partial charge in [-0.15, -0.1) is 5.10 Å². The van der Waals surface area contributed by atoms with Crippen LogP contribution in [0.4, 0.5) is 19.1 Å². The predicted molar refractivity (Wildman–Crippen MR) is 125 cm³/mol. The van der Waals surface area contributed by atoms with Gasteiger partial charge in [0.25, 0.3) is 5.91 Å². The van der Waals surface area contributed by atoms with Gasteiger partial charge >= 0.3 is 6.18 Å². The molecule has 1 atom stereocenters. The van der Waals surface area contributed by atoms with E-state index in [2.05, 4.69) is 20.4 Å². The number of nitrogens with one attached hydrogen (secondary N) is 1. The van der Waals surface area contributed by atoms with Gasteiger partial charge in [-0.1, -0.05) is 0 Å². The first-order valence-electron chi connectivity index (χ1n) is 11.6. The molecular weight excluding hydrogens is 461 g/mol. The molecule has 1 amide bonds. The highest BCUT2D eigenvalue weighted by molar-refractivity contribution is 5.95. The van der Waals surface area contributed by atoms with E-state index in [1.54, 1.807) is 37.1 Å². The van der Waals surface area contributed by atoms with E-state index in [0.29, 0.717) is 29.5 Å². The lowest BCUT2D eigenvalue weighted by Crippen LogP contribution is -2.25. The number of nitrogens with zero attached hydrogens (tertiary/aromatic N) is 5. The number of halogens is 3. The normalized spacial score (nSPS) is 19.5. The highest BCUT2D eigenvalue weighted by atomic mass is 19.4. The largest absolute Gasteiger partial charge is 0.393 e. The minimum Gasteiger partial charge on any atom is -0.393 e. The van der Waals surface area contributed by atoms with E-state index in [1.165, 1.54) is 18.0 Å². The van der Waals surface area contributed by atoms with Crippen molar-refractivity contribution < 1.29 is 23.1 Å². The van der Waals surface area contributed by atoms with E-state index in [-0.39, 0.29) is 23.9 Å². The number of carbonyl (C=O) groups is 1. The molecule has 11 heteroatoms. The molecule has 0 spiro atoms. The molecule has 0 bridgehead atoms. The topological polar surface area (TPSA) is 95.7 Å². The molecule has 1 fully saturated rings. The number of hydrogen-bond donors (Lipinski definition) is 2. The van der Waals surface area contributed by atoms with E-state index >= 15 is 0 Å². The standard InChI is InChI=1S/C24H29F3N6O2/c1-14(10-24(25,26)27)30-23-29-13-21-19(16-8-17(12-28-11-16)22(35)32(2)3)9-20(33(21)31-23)15-4-6-18(34)7-5-15/h8-9,11-15,18,34H,4-7,10H2,1-3H3,(H,30,31)/t14-,15?,18?/m0/s1. The number of aliphatic hydroxyl groups is 1. The second-order valence-corrected chi connectivity index (χ2v) is 9.39. The number of alkyl halides is 3. The van der Waals surface area contributed by atoms with Gasteiger partial charge in [0.1, 0.15) is 0 Å². The number of carbonyl (C=O) groups excluding carboxylic acids is 1. The van der Waals surface area contributed by atoms with Gasteiger partial charge in [0.05, 0.1) is 29.8 Å². The Hall–Kier alpha value is -3.21. The monoisotopic (exact) mass is 490 g/mol. The van der Waals surface area contributed by atoms with Gasteiger partial charge in [0, 0.05) is 55.3 Å². The fourth-order valence-electron chi connectivity index (χ4n) is 4.56. The summed E-state index contributed by atoms with van der Waals surface area (Å²) >= 11 is 0. The van der Waals surface area contributed by atoms with Gasteiger partial charge in [0.2, 0.25) is 5.95 Å². The first-order chi connectivity index (χ1) is 16.5. The molecule has 188 valence electrons. The summed E-state index contributed by atoms with van der Waals surface area (Å²) in [5.74, 6) is 0.0449. The number of anilines is 1. The van der Waals surface area contributed by atoms with Crippen LogP contribution in [0.25, 0.3) is 16.6 Å². The molecule has 0 radical (unpaired) electrons. The maximum Gasteiger partial charge on any atom is 0.391 e. The summed E-state index contributed by atoms with van der Waals surface area (Å²) in [5.41, 5.74) is 3.49. The number of aliphatic hydroxyl groups excluding tert-OH is 1.